The van der Waals surface area contributed by atoms with E-state index in [1.54, 1.807) is 0 Å². The molecule has 0 atom stereocenters. The fourth-order valence-corrected chi connectivity index (χ4v) is 2.18. The number of halogens is 4. The Labute approximate surface area is 146 Å². The van der Waals surface area contributed by atoms with Gasteiger partial charge in [-0.05, 0) is 23.3 Å². The summed E-state index contributed by atoms with van der Waals surface area (Å²) in [5.74, 6) is -2.49. The van der Waals surface area contributed by atoms with Crippen LogP contribution in [0.15, 0.2) is 54.7 Å². The van der Waals surface area contributed by atoms with Crippen LogP contribution < -0.4 is 0 Å². The number of hydrogen-bond acceptors (Lipinski definition) is 2. The molecule has 3 rings (SSSR count). The van der Waals surface area contributed by atoms with Gasteiger partial charge in [0.2, 0.25) is 0 Å². The van der Waals surface area contributed by atoms with E-state index in [9.17, 15) is 22.4 Å². The molecule has 4 nitrogen and oxygen atoms in total. The van der Waals surface area contributed by atoms with Crippen LogP contribution in [0.1, 0.15) is 22.5 Å². The summed E-state index contributed by atoms with van der Waals surface area (Å²) in [5.41, 5.74) is 0.228. The summed E-state index contributed by atoms with van der Waals surface area (Å²) in [6, 6.07) is 12.7. The second-order valence-corrected chi connectivity index (χ2v) is 5.23. The van der Waals surface area contributed by atoms with Crippen molar-refractivity contribution in [2.45, 2.75) is 6.43 Å². The van der Waals surface area contributed by atoms with Crippen LogP contribution in [0.3, 0.4) is 0 Å². The largest absolute Gasteiger partial charge is 0.478 e. The number of hydrogen-bond donors (Lipinski definition) is 1. The van der Waals surface area contributed by atoms with E-state index in [0.29, 0.717) is 5.56 Å². The number of carboxylic acid groups (broad SMARTS) is 1. The fourth-order valence-electron chi connectivity index (χ4n) is 2.18. The molecule has 0 spiro atoms. The first-order valence-corrected chi connectivity index (χ1v) is 7.34. The Kier molecular flexibility index (Phi) is 6.11. The van der Waals surface area contributed by atoms with Crippen molar-refractivity contribution in [3.8, 4) is 11.1 Å². The summed E-state index contributed by atoms with van der Waals surface area (Å²) in [5, 5.41) is 11.8. The number of aryl methyl sites for hydroxylation is 1. The van der Waals surface area contributed by atoms with Crippen LogP contribution in [-0.4, -0.2) is 20.9 Å². The van der Waals surface area contributed by atoms with Gasteiger partial charge in [-0.25, -0.2) is 22.4 Å². The fraction of sp³-hybridized carbons (Fsp3) is 0.111. The molecule has 1 N–H and O–H groups in total. The van der Waals surface area contributed by atoms with Crippen LogP contribution in [0.25, 0.3) is 11.1 Å². The van der Waals surface area contributed by atoms with Crippen LogP contribution >= 0.6 is 0 Å². The quantitative estimate of drug-likeness (QED) is 0.685. The highest BCUT2D eigenvalue weighted by molar-refractivity contribution is 5.88. The zero-order valence-electron chi connectivity index (χ0n) is 13.5. The normalized spacial score (nSPS) is 10.4. The maximum absolute atomic E-state index is 12.9. The lowest BCUT2D eigenvalue weighted by Crippen LogP contribution is -1.99. The van der Waals surface area contributed by atoms with Crippen LogP contribution in [0.2, 0.25) is 0 Å². The molecule has 0 fully saturated rings. The second-order valence-electron chi connectivity index (χ2n) is 5.23. The van der Waals surface area contributed by atoms with Gasteiger partial charge in [-0.15, -0.1) is 0 Å². The number of carbonyl (C=O) groups is 1. The van der Waals surface area contributed by atoms with Gasteiger partial charge in [0, 0.05) is 19.3 Å². The smallest absolute Gasteiger partial charge is 0.339 e. The van der Waals surface area contributed by atoms with Crippen molar-refractivity contribution in [3.63, 3.8) is 0 Å². The van der Waals surface area contributed by atoms with Gasteiger partial charge >= 0.3 is 5.97 Å². The number of benzene rings is 2. The molecule has 26 heavy (non-hydrogen) atoms. The Balaban J connectivity index is 0.000000190. The number of aromatic carboxylic acids is 1. The van der Waals surface area contributed by atoms with Crippen molar-refractivity contribution in [2.75, 3.05) is 0 Å². The zero-order chi connectivity index (χ0) is 19.3. The average molecular weight is 366 g/mol. The molecule has 0 aliphatic carbocycles. The molecule has 0 saturated carbocycles. The highest BCUT2D eigenvalue weighted by Gasteiger charge is 2.21. The molecule has 0 aliphatic heterocycles. The molecule has 1 aromatic heterocycles. The molecule has 0 bridgehead atoms. The van der Waals surface area contributed by atoms with Crippen molar-refractivity contribution in [2.24, 2.45) is 7.05 Å². The predicted octanol–water partition coefficient (Wildman–Crippen LogP) is 4.69. The van der Waals surface area contributed by atoms with Gasteiger partial charge in [0.15, 0.2) is 0 Å². The minimum absolute atomic E-state index is 0.451. The Morgan fingerprint density at radius 1 is 1.04 bits per heavy atom. The third kappa shape index (κ3) is 4.92. The number of rotatable bonds is 3. The van der Waals surface area contributed by atoms with E-state index in [2.05, 4.69) is 5.10 Å². The number of carboxylic acids is 1. The monoisotopic (exact) mass is 366 g/mol. The van der Waals surface area contributed by atoms with Crippen molar-refractivity contribution >= 4 is 5.97 Å². The molecule has 1 heterocycles. The summed E-state index contributed by atoms with van der Waals surface area (Å²) >= 11 is 0. The lowest BCUT2D eigenvalue weighted by Gasteiger charge is -2.01. The molecule has 0 aliphatic rings. The first-order valence-electron chi connectivity index (χ1n) is 7.34. The lowest BCUT2D eigenvalue weighted by molar-refractivity contribution is 0.0684. The molecule has 0 saturated heterocycles. The minimum atomic E-state index is -2.85. The van der Waals surface area contributed by atoms with Crippen LogP contribution in [-0.2, 0) is 7.05 Å². The highest BCUT2D eigenvalue weighted by Crippen LogP contribution is 2.21. The maximum atomic E-state index is 12.9. The highest BCUT2D eigenvalue weighted by atomic mass is 19.3. The van der Waals surface area contributed by atoms with Crippen LogP contribution in [0.5, 0.6) is 0 Å². The molecule has 0 radical (unpaired) electrons. The first-order chi connectivity index (χ1) is 12.3. The molecule has 3 aromatic rings. The summed E-state index contributed by atoms with van der Waals surface area (Å²) < 4.78 is 50.9. The third-order valence-electron chi connectivity index (χ3n) is 3.26. The van der Waals surface area contributed by atoms with Gasteiger partial charge in [0.25, 0.3) is 6.43 Å². The molecule has 0 unspecified atom stereocenters. The van der Waals surface area contributed by atoms with Crippen molar-refractivity contribution < 1.29 is 27.5 Å². The summed E-state index contributed by atoms with van der Waals surface area (Å²) in [7, 11) is 1.39. The van der Waals surface area contributed by atoms with E-state index in [0.717, 1.165) is 22.5 Å². The molecule has 136 valence electrons. The van der Waals surface area contributed by atoms with Crippen molar-refractivity contribution in [3.05, 3.63) is 77.6 Å². The number of aromatic nitrogens is 2. The number of nitrogens with zero attached hydrogens (tertiary/aromatic N) is 2. The van der Waals surface area contributed by atoms with Crippen molar-refractivity contribution in [1.82, 2.24) is 9.78 Å². The molecular weight excluding hydrogens is 352 g/mol. The Bertz CT molecular complexity index is 875. The summed E-state index contributed by atoms with van der Waals surface area (Å²) in [6.45, 7) is 0. The van der Waals surface area contributed by atoms with Crippen LogP contribution in [0, 0.1) is 11.6 Å². The number of alkyl halides is 2. The van der Waals surface area contributed by atoms with Gasteiger partial charge in [-0.2, -0.15) is 5.10 Å². The van der Waals surface area contributed by atoms with Gasteiger partial charge < -0.3 is 5.11 Å². The van der Waals surface area contributed by atoms with E-state index in [1.165, 1.54) is 19.2 Å². The zero-order valence-corrected chi connectivity index (χ0v) is 13.5. The summed E-state index contributed by atoms with van der Waals surface area (Å²) in [6.07, 6.45) is -1.80. The SMILES string of the molecule is Cn1cc(C(=O)O)c(C(F)F)n1.Fc1cc(F)cc(-c2ccccc2)c1. The average Bonchev–Trinajstić information content (AvgIpc) is 2.98. The minimum Gasteiger partial charge on any atom is -0.478 e. The first kappa shape index (κ1) is 19.2. The molecule has 2 aromatic carbocycles. The Morgan fingerprint density at radius 3 is 2.08 bits per heavy atom. The maximum Gasteiger partial charge on any atom is 0.339 e. The third-order valence-corrected chi connectivity index (χ3v) is 3.26. The Morgan fingerprint density at radius 2 is 1.62 bits per heavy atom. The molecule has 8 heteroatoms. The van der Waals surface area contributed by atoms with E-state index < -0.39 is 35.3 Å². The summed E-state index contributed by atoms with van der Waals surface area (Å²) in [4.78, 5) is 10.4. The van der Waals surface area contributed by atoms with E-state index in [-0.39, 0.29) is 0 Å². The van der Waals surface area contributed by atoms with Crippen LogP contribution in [0.4, 0.5) is 17.6 Å². The van der Waals surface area contributed by atoms with Gasteiger partial charge in [-0.1, -0.05) is 30.3 Å². The van der Waals surface area contributed by atoms with Gasteiger partial charge in [0.05, 0.1) is 0 Å². The van der Waals surface area contributed by atoms with Crippen molar-refractivity contribution in [1.29, 1.82) is 0 Å². The van der Waals surface area contributed by atoms with E-state index in [1.807, 2.05) is 30.3 Å². The van der Waals surface area contributed by atoms with E-state index in [4.69, 9.17) is 5.11 Å². The topological polar surface area (TPSA) is 55.1 Å². The standard InChI is InChI=1S/C12H8F2.C6H6F2N2O2/c13-11-6-10(7-12(14)8-11)9-4-2-1-3-5-9;1-10-2-3(6(11)12)4(9-10)5(7)8/h1-8H;2,5H,1H3,(H,11,12). The van der Waals surface area contributed by atoms with Gasteiger partial charge in [0.1, 0.15) is 22.9 Å². The Hall–Kier alpha value is -3.16. The van der Waals surface area contributed by atoms with Gasteiger partial charge in [-0.3, -0.25) is 4.68 Å². The second kappa shape index (κ2) is 8.28. The lowest BCUT2D eigenvalue weighted by atomic mass is 10.1. The predicted molar refractivity (Wildman–Crippen MR) is 86.9 cm³/mol. The van der Waals surface area contributed by atoms with E-state index >= 15 is 0 Å². The molecule has 0 amide bonds. The molecular formula is C18H14F4N2O2.